The number of benzene rings is 1. The van der Waals surface area contributed by atoms with Gasteiger partial charge in [-0.25, -0.2) is 9.78 Å². The number of nitriles is 1. The van der Waals surface area contributed by atoms with Crippen molar-refractivity contribution in [2.24, 2.45) is 0 Å². The van der Waals surface area contributed by atoms with Gasteiger partial charge in [0.2, 0.25) is 0 Å². The van der Waals surface area contributed by atoms with Gasteiger partial charge in [-0.15, -0.1) is 0 Å². The first-order valence-electron chi connectivity index (χ1n) is 7.20. The van der Waals surface area contributed by atoms with Gasteiger partial charge in [-0.3, -0.25) is 0 Å². The largest absolute Gasteiger partial charge is 0.416 e. The van der Waals surface area contributed by atoms with Crippen molar-refractivity contribution in [2.45, 2.75) is 6.18 Å². The van der Waals surface area contributed by atoms with Gasteiger partial charge >= 0.3 is 12.2 Å². The van der Waals surface area contributed by atoms with Crippen molar-refractivity contribution >= 4 is 17.5 Å². The molecule has 0 atom stereocenters. The molecule has 1 aromatic heterocycles. The van der Waals surface area contributed by atoms with Crippen LogP contribution in [-0.2, 0) is 6.18 Å². The zero-order valence-electron chi connectivity index (χ0n) is 12.9. The standard InChI is InChI=1S/C16H14F3N5O/c17-16(18,19)12-2-1-3-13(8-12)24-15(25)22-7-6-21-14-5-4-11(9-20)10-23-14/h1-5,8,10H,6-7H2,(H,21,23)(H2,22,24,25). The molecule has 0 saturated heterocycles. The number of nitrogens with zero attached hydrogens (tertiary/aromatic N) is 2. The van der Waals surface area contributed by atoms with Gasteiger partial charge in [-0.2, -0.15) is 18.4 Å². The number of rotatable bonds is 5. The third kappa shape index (κ3) is 5.69. The van der Waals surface area contributed by atoms with Crippen molar-refractivity contribution in [3.63, 3.8) is 0 Å². The molecule has 0 unspecified atom stereocenters. The van der Waals surface area contributed by atoms with E-state index in [2.05, 4.69) is 20.9 Å². The Morgan fingerprint density at radius 3 is 2.64 bits per heavy atom. The van der Waals surface area contributed by atoms with E-state index in [4.69, 9.17) is 5.26 Å². The molecule has 0 fully saturated rings. The second kappa shape index (κ2) is 8.01. The molecule has 0 radical (unpaired) electrons. The average Bonchev–Trinajstić information content (AvgIpc) is 2.59. The molecule has 3 N–H and O–H groups in total. The molecule has 0 bridgehead atoms. The number of nitrogens with one attached hydrogen (secondary N) is 3. The van der Waals surface area contributed by atoms with Crippen LogP contribution < -0.4 is 16.0 Å². The number of pyridine rings is 1. The number of alkyl halides is 3. The third-order valence-corrected chi connectivity index (χ3v) is 3.06. The Kier molecular flexibility index (Phi) is 5.79. The number of urea groups is 1. The predicted molar refractivity (Wildman–Crippen MR) is 85.9 cm³/mol. The fourth-order valence-corrected chi connectivity index (χ4v) is 1.88. The summed E-state index contributed by atoms with van der Waals surface area (Å²) in [7, 11) is 0. The van der Waals surface area contributed by atoms with E-state index in [1.165, 1.54) is 18.3 Å². The first kappa shape index (κ1) is 18.1. The Morgan fingerprint density at radius 1 is 1.20 bits per heavy atom. The molecule has 6 nitrogen and oxygen atoms in total. The molecular formula is C16H14F3N5O. The number of amides is 2. The van der Waals surface area contributed by atoms with Crippen molar-refractivity contribution in [3.05, 3.63) is 53.7 Å². The van der Waals surface area contributed by atoms with Crippen LogP contribution in [0.25, 0.3) is 0 Å². The van der Waals surface area contributed by atoms with E-state index in [0.29, 0.717) is 17.9 Å². The molecule has 1 heterocycles. The lowest BCUT2D eigenvalue weighted by molar-refractivity contribution is -0.137. The lowest BCUT2D eigenvalue weighted by Gasteiger charge is -2.11. The normalized spacial score (nSPS) is 10.6. The maximum atomic E-state index is 12.6. The Balaban J connectivity index is 1.76. The summed E-state index contributed by atoms with van der Waals surface area (Å²) in [5.41, 5.74) is -0.350. The molecule has 0 aliphatic rings. The van der Waals surface area contributed by atoms with Gasteiger partial charge < -0.3 is 16.0 Å². The highest BCUT2D eigenvalue weighted by atomic mass is 19.4. The molecule has 0 saturated carbocycles. The summed E-state index contributed by atoms with van der Waals surface area (Å²) in [6.45, 7) is 0.585. The molecule has 0 aliphatic heterocycles. The molecular weight excluding hydrogens is 335 g/mol. The number of aromatic nitrogens is 1. The van der Waals surface area contributed by atoms with E-state index in [1.807, 2.05) is 6.07 Å². The fourth-order valence-electron chi connectivity index (χ4n) is 1.88. The smallest absolute Gasteiger partial charge is 0.368 e. The predicted octanol–water partition coefficient (Wildman–Crippen LogP) is 3.21. The van der Waals surface area contributed by atoms with Gasteiger partial charge in [-0.05, 0) is 30.3 Å². The van der Waals surface area contributed by atoms with Crippen LogP contribution in [0, 0.1) is 11.3 Å². The highest BCUT2D eigenvalue weighted by Crippen LogP contribution is 2.30. The van der Waals surface area contributed by atoms with Gasteiger partial charge in [0.05, 0.1) is 11.1 Å². The molecule has 25 heavy (non-hydrogen) atoms. The minimum absolute atomic E-state index is 0.0500. The van der Waals surface area contributed by atoms with E-state index in [9.17, 15) is 18.0 Å². The Morgan fingerprint density at radius 2 is 2.00 bits per heavy atom. The van der Waals surface area contributed by atoms with Crippen molar-refractivity contribution in [3.8, 4) is 6.07 Å². The summed E-state index contributed by atoms with van der Waals surface area (Å²) in [4.78, 5) is 15.7. The van der Waals surface area contributed by atoms with Gasteiger partial charge in [-0.1, -0.05) is 6.07 Å². The van der Waals surface area contributed by atoms with Crippen LogP contribution in [0.1, 0.15) is 11.1 Å². The number of carbonyl (C=O) groups excluding carboxylic acids is 1. The lowest BCUT2D eigenvalue weighted by Crippen LogP contribution is -2.32. The van der Waals surface area contributed by atoms with Crippen LogP contribution >= 0.6 is 0 Å². The van der Waals surface area contributed by atoms with Crippen LogP contribution in [0.3, 0.4) is 0 Å². The summed E-state index contributed by atoms with van der Waals surface area (Å²) < 4.78 is 37.8. The van der Waals surface area contributed by atoms with Gasteiger partial charge in [0.25, 0.3) is 0 Å². The van der Waals surface area contributed by atoms with Gasteiger partial charge in [0.1, 0.15) is 11.9 Å². The van der Waals surface area contributed by atoms with Gasteiger partial charge in [0, 0.05) is 25.0 Å². The Bertz CT molecular complexity index is 769. The highest BCUT2D eigenvalue weighted by molar-refractivity contribution is 5.89. The minimum atomic E-state index is -4.47. The van der Waals surface area contributed by atoms with Gasteiger partial charge in [0.15, 0.2) is 0 Å². The maximum Gasteiger partial charge on any atom is 0.416 e. The number of hydrogen-bond donors (Lipinski definition) is 3. The summed E-state index contributed by atoms with van der Waals surface area (Å²) >= 11 is 0. The number of halogens is 3. The number of carbonyl (C=O) groups is 1. The molecule has 2 amide bonds. The summed E-state index contributed by atoms with van der Waals surface area (Å²) in [5.74, 6) is 0.541. The fraction of sp³-hybridized carbons (Fsp3) is 0.188. The zero-order chi connectivity index (χ0) is 18.3. The first-order valence-corrected chi connectivity index (χ1v) is 7.20. The van der Waals surface area contributed by atoms with E-state index in [0.717, 1.165) is 12.1 Å². The molecule has 0 spiro atoms. The molecule has 1 aromatic carbocycles. The van der Waals surface area contributed by atoms with Crippen LogP contribution in [0.4, 0.5) is 29.5 Å². The van der Waals surface area contributed by atoms with Crippen molar-refractivity contribution in [2.75, 3.05) is 23.7 Å². The van der Waals surface area contributed by atoms with E-state index in [1.54, 1.807) is 12.1 Å². The van der Waals surface area contributed by atoms with E-state index < -0.39 is 17.8 Å². The Labute approximate surface area is 141 Å². The zero-order valence-corrected chi connectivity index (χ0v) is 12.9. The topological polar surface area (TPSA) is 89.8 Å². The second-order valence-corrected chi connectivity index (χ2v) is 4.93. The molecule has 130 valence electrons. The van der Waals surface area contributed by atoms with Crippen molar-refractivity contribution in [1.82, 2.24) is 10.3 Å². The van der Waals surface area contributed by atoms with Crippen molar-refractivity contribution < 1.29 is 18.0 Å². The maximum absolute atomic E-state index is 12.6. The van der Waals surface area contributed by atoms with E-state index in [-0.39, 0.29) is 12.2 Å². The van der Waals surface area contributed by atoms with Crippen LogP contribution in [0.2, 0.25) is 0 Å². The SMILES string of the molecule is N#Cc1ccc(NCCNC(=O)Nc2cccc(C(F)(F)F)c2)nc1. The van der Waals surface area contributed by atoms with Crippen LogP contribution in [0.5, 0.6) is 0 Å². The average molecular weight is 349 g/mol. The Hall–Kier alpha value is -3.28. The first-order chi connectivity index (χ1) is 11.9. The summed E-state index contributed by atoms with van der Waals surface area (Å²) in [6, 6.07) is 8.93. The quantitative estimate of drug-likeness (QED) is 0.723. The molecule has 2 rings (SSSR count). The summed E-state index contributed by atoms with van der Waals surface area (Å²) in [6.07, 6.45) is -3.05. The third-order valence-electron chi connectivity index (χ3n) is 3.06. The second-order valence-electron chi connectivity index (χ2n) is 4.93. The molecule has 9 heteroatoms. The number of hydrogen-bond acceptors (Lipinski definition) is 4. The van der Waals surface area contributed by atoms with Crippen molar-refractivity contribution in [1.29, 1.82) is 5.26 Å². The monoisotopic (exact) mass is 349 g/mol. The lowest BCUT2D eigenvalue weighted by atomic mass is 10.2. The van der Waals surface area contributed by atoms with E-state index >= 15 is 0 Å². The number of anilines is 2. The minimum Gasteiger partial charge on any atom is -0.368 e. The van der Waals surface area contributed by atoms with Crippen LogP contribution in [-0.4, -0.2) is 24.1 Å². The molecule has 2 aromatic rings. The molecule has 0 aliphatic carbocycles. The highest BCUT2D eigenvalue weighted by Gasteiger charge is 2.30. The van der Waals surface area contributed by atoms with Crippen LogP contribution in [0.15, 0.2) is 42.6 Å². The summed E-state index contributed by atoms with van der Waals surface area (Å²) in [5, 5.41) is 16.4.